The van der Waals surface area contributed by atoms with Crippen LogP contribution in [0, 0.1) is 27.7 Å². The van der Waals surface area contributed by atoms with Gasteiger partial charge in [0, 0.05) is 34.1 Å². The Morgan fingerprint density at radius 1 is 0.250 bits per heavy atom. The number of fused-ring (bicyclic) bond motifs is 2. The second-order valence-corrected chi connectivity index (χ2v) is 15.0. The maximum atomic E-state index is 2.41. The number of para-hydroxylation sites is 2. The molecule has 0 spiro atoms. The van der Waals surface area contributed by atoms with Gasteiger partial charge in [-0.05, 0) is 144 Å². The van der Waals surface area contributed by atoms with E-state index < -0.39 is 0 Å². The van der Waals surface area contributed by atoms with Crippen LogP contribution in [0.2, 0.25) is 0 Å². The van der Waals surface area contributed by atoms with Gasteiger partial charge in [-0.1, -0.05) is 144 Å². The van der Waals surface area contributed by atoms with Crippen molar-refractivity contribution in [1.29, 1.82) is 0 Å². The average Bonchev–Trinajstić information content (AvgIpc) is 3.23. The van der Waals surface area contributed by atoms with E-state index in [-0.39, 0.29) is 0 Å². The molecule has 0 aliphatic carbocycles. The van der Waals surface area contributed by atoms with E-state index in [1.54, 1.807) is 0 Å². The molecule has 0 saturated carbocycles. The fourth-order valence-corrected chi connectivity index (χ4v) is 7.98. The van der Waals surface area contributed by atoms with Gasteiger partial charge < -0.3 is 9.80 Å². The van der Waals surface area contributed by atoms with Crippen LogP contribution < -0.4 is 9.80 Å². The van der Waals surface area contributed by atoms with Crippen LogP contribution in [0.3, 0.4) is 0 Å². The van der Waals surface area contributed by atoms with Crippen LogP contribution in [0.25, 0.3) is 43.8 Å². The van der Waals surface area contributed by atoms with Gasteiger partial charge in [-0.25, -0.2) is 0 Å². The second-order valence-electron chi connectivity index (χ2n) is 15.0. The Morgan fingerprint density at radius 2 is 0.536 bits per heavy atom. The molecule has 0 fully saturated rings. The maximum Gasteiger partial charge on any atom is 0.0468 e. The number of nitrogens with zero attached hydrogens (tertiary/aromatic N) is 2. The smallest absolute Gasteiger partial charge is 0.0468 e. The van der Waals surface area contributed by atoms with Crippen molar-refractivity contribution in [2.75, 3.05) is 9.80 Å². The first-order chi connectivity index (χ1) is 27.4. The quantitative estimate of drug-likeness (QED) is 0.144. The first-order valence-corrected chi connectivity index (χ1v) is 19.4. The minimum atomic E-state index is 1.11. The predicted octanol–water partition coefficient (Wildman–Crippen LogP) is 15.5. The first kappa shape index (κ1) is 34.8. The van der Waals surface area contributed by atoms with Gasteiger partial charge in [0.15, 0.2) is 0 Å². The maximum absolute atomic E-state index is 2.41. The molecule has 9 aromatic carbocycles. The van der Waals surface area contributed by atoms with Crippen LogP contribution in [0.4, 0.5) is 34.1 Å². The molecular formula is C54H44N2. The van der Waals surface area contributed by atoms with Gasteiger partial charge in [0.1, 0.15) is 0 Å². The van der Waals surface area contributed by atoms with Crippen LogP contribution in [0.1, 0.15) is 22.3 Å². The van der Waals surface area contributed by atoms with E-state index in [1.165, 1.54) is 66.1 Å². The minimum absolute atomic E-state index is 1.11. The number of anilines is 6. The van der Waals surface area contributed by atoms with E-state index in [0.29, 0.717) is 0 Å². The van der Waals surface area contributed by atoms with E-state index in [9.17, 15) is 0 Å². The molecule has 9 aromatic rings. The molecule has 56 heavy (non-hydrogen) atoms. The lowest BCUT2D eigenvalue weighted by molar-refractivity contribution is 1.28. The van der Waals surface area contributed by atoms with Crippen molar-refractivity contribution in [2.24, 2.45) is 0 Å². The first-order valence-electron chi connectivity index (χ1n) is 19.4. The highest BCUT2D eigenvalue weighted by Gasteiger charge is 2.22. The van der Waals surface area contributed by atoms with Crippen LogP contribution in [0.5, 0.6) is 0 Å². The van der Waals surface area contributed by atoms with Gasteiger partial charge in [0.05, 0.1) is 0 Å². The summed E-state index contributed by atoms with van der Waals surface area (Å²) in [6.07, 6.45) is 0. The molecular weight excluding hydrogens is 677 g/mol. The lowest BCUT2D eigenvalue weighted by atomic mass is 9.85. The van der Waals surface area contributed by atoms with Crippen molar-refractivity contribution in [3.63, 3.8) is 0 Å². The Bertz CT molecular complexity index is 2590. The third-order valence-electron chi connectivity index (χ3n) is 10.9. The number of benzene rings is 9. The number of hydrogen-bond acceptors (Lipinski definition) is 2. The highest BCUT2D eigenvalue weighted by molar-refractivity contribution is 6.22. The molecule has 2 nitrogen and oxygen atoms in total. The molecule has 2 heteroatoms. The molecule has 270 valence electrons. The summed E-state index contributed by atoms with van der Waals surface area (Å²) in [7, 11) is 0. The van der Waals surface area contributed by atoms with E-state index in [4.69, 9.17) is 0 Å². The van der Waals surface area contributed by atoms with E-state index in [0.717, 1.165) is 34.1 Å². The molecule has 0 atom stereocenters. The topological polar surface area (TPSA) is 6.48 Å². The average molecular weight is 721 g/mol. The second kappa shape index (κ2) is 14.7. The zero-order valence-electron chi connectivity index (χ0n) is 32.4. The molecule has 0 aromatic heterocycles. The van der Waals surface area contributed by atoms with Gasteiger partial charge in [-0.15, -0.1) is 0 Å². The normalized spacial score (nSPS) is 11.2. The summed E-state index contributed by atoms with van der Waals surface area (Å²) in [6, 6.07) is 71.2. The summed E-state index contributed by atoms with van der Waals surface area (Å²) in [4.78, 5) is 4.74. The van der Waals surface area contributed by atoms with Crippen molar-refractivity contribution >= 4 is 55.7 Å². The van der Waals surface area contributed by atoms with Crippen molar-refractivity contribution in [3.8, 4) is 22.3 Å². The van der Waals surface area contributed by atoms with Crippen molar-refractivity contribution < 1.29 is 0 Å². The monoisotopic (exact) mass is 720 g/mol. The third kappa shape index (κ3) is 6.61. The fraction of sp³-hybridized carbons (Fsp3) is 0.0741. The van der Waals surface area contributed by atoms with E-state index in [1.807, 2.05) is 0 Å². The Hall–Kier alpha value is -6.90. The van der Waals surface area contributed by atoms with Crippen molar-refractivity contribution in [2.45, 2.75) is 27.7 Å². The largest absolute Gasteiger partial charge is 0.310 e. The summed E-state index contributed by atoms with van der Waals surface area (Å²) in [5.74, 6) is 0. The number of rotatable bonds is 8. The van der Waals surface area contributed by atoms with Gasteiger partial charge in [0.2, 0.25) is 0 Å². The Morgan fingerprint density at radius 3 is 0.875 bits per heavy atom. The van der Waals surface area contributed by atoms with Gasteiger partial charge in [-0.3, -0.25) is 0 Å². The highest BCUT2D eigenvalue weighted by Crippen LogP contribution is 2.48. The van der Waals surface area contributed by atoms with Crippen LogP contribution in [-0.4, -0.2) is 0 Å². The van der Waals surface area contributed by atoms with Crippen molar-refractivity contribution in [1.82, 2.24) is 0 Å². The lowest BCUT2D eigenvalue weighted by Crippen LogP contribution is -2.10. The third-order valence-corrected chi connectivity index (χ3v) is 10.9. The summed E-state index contributed by atoms with van der Waals surface area (Å²) in [6.45, 7) is 8.60. The minimum Gasteiger partial charge on any atom is -0.310 e. The zero-order valence-corrected chi connectivity index (χ0v) is 32.4. The standard InChI is InChI=1S/C54H44N2/c1-37-15-23-41(24-16-37)53-49-33-31-48(56(44-13-9-6-10-14-44)46-29-21-40(4)22-30-46)36-52(49)54(42-25-17-38(2)18-26-42)50-34-32-47(35-51(50)53)55(43-11-7-5-8-12-43)45-27-19-39(3)20-28-45/h5-36H,1-4H3. The Labute approximate surface area is 330 Å². The fourth-order valence-electron chi connectivity index (χ4n) is 7.98. The molecule has 0 bridgehead atoms. The highest BCUT2D eigenvalue weighted by atomic mass is 15.1. The molecule has 9 rings (SSSR count). The van der Waals surface area contributed by atoms with Gasteiger partial charge >= 0.3 is 0 Å². The molecule has 0 saturated heterocycles. The summed E-state index contributed by atoms with van der Waals surface area (Å²) >= 11 is 0. The number of hydrogen-bond donors (Lipinski definition) is 0. The van der Waals surface area contributed by atoms with Crippen LogP contribution >= 0.6 is 0 Å². The molecule has 0 heterocycles. The zero-order chi connectivity index (χ0) is 38.2. The Kier molecular flexibility index (Phi) is 9.17. The van der Waals surface area contributed by atoms with Crippen LogP contribution in [-0.2, 0) is 0 Å². The molecule has 0 N–H and O–H groups in total. The van der Waals surface area contributed by atoms with Crippen LogP contribution in [0.15, 0.2) is 194 Å². The molecule has 0 unspecified atom stereocenters. The molecule has 0 aliphatic heterocycles. The SMILES string of the molecule is Cc1ccc(-c2c3ccc(N(c4ccccc4)c4ccc(C)cc4)cc3c(-c3ccc(C)cc3)c3ccc(N(c4ccccc4)c4ccc(C)cc4)cc23)cc1. The van der Waals surface area contributed by atoms with E-state index >= 15 is 0 Å². The Balaban J connectivity index is 1.38. The lowest BCUT2D eigenvalue weighted by Gasteiger charge is -2.28. The number of aryl methyl sites for hydroxylation is 4. The summed E-state index contributed by atoms with van der Waals surface area (Å²) in [5.41, 5.74) is 16.5. The van der Waals surface area contributed by atoms with Gasteiger partial charge in [0.25, 0.3) is 0 Å². The molecule has 0 aliphatic rings. The van der Waals surface area contributed by atoms with E-state index in [2.05, 4.69) is 232 Å². The molecule has 0 radical (unpaired) electrons. The summed E-state index contributed by atoms with van der Waals surface area (Å²) in [5, 5.41) is 4.87. The predicted molar refractivity (Wildman–Crippen MR) is 241 cm³/mol. The summed E-state index contributed by atoms with van der Waals surface area (Å²) < 4.78 is 0. The van der Waals surface area contributed by atoms with Gasteiger partial charge in [-0.2, -0.15) is 0 Å². The van der Waals surface area contributed by atoms with Crippen molar-refractivity contribution in [3.05, 3.63) is 216 Å². The molecule has 0 amide bonds.